The highest BCUT2D eigenvalue weighted by Crippen LogP contribution is 2.21. The van der Waals surface area contributed by atoms with Crippen LogP contribution in [-0.2, 0) is 0 Å². The molecule has 1 aromatic heterocycles. The minimum Gasteiger partial charge on any atom is -0.296 e. The highest BCUT2D eigenvalue weighted by molar-refractivity contribution is 14.1. The molecule has 0 N–H and O–H groups in total. The van der Waals surface area contributed by atoms with Gasteiger partial charge in [-0.15, -0.1) is 0 Å². The van der Waals surface area contributed by atoms with Crippen molar-refractivity contribution in [3.63, 3.8) is 0 Å². The van der Waals surface area contributed by atoms with Crippen LogP contribution in [0.1, 0.15) is 10.5 Å². The van der Waals surface area contributed by atoms with Gasteiger partial charge in [0, 0.05) is 9.64 Å². The van der Waals surface area contributed by atoms with Gasteiger partial charge < -0.3 is 0 Å². The summed E-state index contributed by atoms with van der Waals surface area (Å²) in [5.74, 6) is -0.313. The number of aldehydes is 1. The largest absolute Gasteiger partial charge is 0.296 e. The van der Waals surface area contributed by atoms with Gasteiger partial charge >= 0.3 is 0 Å². The smallest absolute Gasteiger partial charge is 0.168 e. The van der Waals surface area contributed by atoms with Crippen LogP contribution in [0.25, 0.3) is 5.69 Å². The fourth-order valence-corrected chi connectivity index (χ4v) is 2.39. The molecule has 0 radical (unpaired) electrons. The van der Waals surface area contributed by atoms with Gasteiger partial charge in [0.2, 0.25) is 0 Å². The maximum atomic E-state index is 12.9. The van der Waals surface area contributed by atoms with Crippen molar-refractivity contribution in [3.05, 3.63) is 43.9 Å². The first-order valence-electron chi connectivity index (χ1n) is 4.28. The normalized spacial score (nSPS) is 10.4. The number of rotatable bonds is 2. The van der Waals surface area contributed by atoms with Crippen LogP contribution in [0.5, 0.6) is 0 Å². The van der Waals surface area contributed by atoms with Crippen LogP contribution in [0.3, 0.4) is 0 Å². The molecule has 0 amide bonds. The average molecular weight is 395 g/mol. The number of hydrogen-bond donors (Lipinski definition) is 0. The molecule has 6 heteroatoms. The standard InChI is InChI=1S/C10H5BrFIN2O/c11-10-4-7(5-16)15(14-10)9-2-1-6(12)3-8(9)13/h1-5H. The Morgan fingerprint density at radius 1 is 1.44 bits per heavy atom. The Bertz CT molecular complexity index is 556. The SMILES string of the molecule is O=Cc1cc(Br)nn1-c1ccc(F)cc1I. The number of benzene rings is 1. The number of halogens is 3. The molecular formula is C10H5BrFIN2O. The molecule has 0 aliphatic heterocycles. The lowest BCUT2D eigenvalue weighted by Gasteiger charge is -2.05. The van der Waals surface area contributed by atoms with Crippen molar-refractivity contribution in [3.8, 4) is 5.69 Å². The molecule has 0 saturated heterocycles. The summed E-state index contributed by atoms with van der Waals surface area (Å²) in [7, 11) is 0. The Morgan fingerprint density at radius 3 is 2.81 bits per heavy atom. The average Bonchev–Trinajstić information content (AvgIpc) is 2.59. The van der Waals surface area contributed by atoms with Gasteiger partial charge in [0.1, 0.15) is 16.1 Å². The fourth-order valence-electron chi connectivity index (χ4n) is 1.30. The molecule has 0 aliphatic carbocycles. The lowest BCUT2D eigenvalue weighted by Crippen LogP contribution is -2.03. The summed E-state index contributed by atoms with van der Waals surface area (Å²) in [5, 5.41) is 4.12. The molecule has 1 aromatic carbocycles. The predicted molar refractivity (Wildman–Crippen MR) is 69.3 cm³/mol. The zero-order valence-electron chi connectivity index (χ0n) is 7.82. The maximum Gasteiger partial charge on any atom is 0.168 e. The van der Waals surface area contributed by atoms with Crippen molar-refractivity contribution in [2.75, 3.05) is 0 Å². The van der Waals surface area contributed by atoms with Gasteiger partial charge in [-0.25, -0.2) is 9.07 Å². The van der Waals surface area contributed by atoms with Crippen molar-refractivity contribution >= 4 is 44.8 Å². The van der Waals surface area contributed by atoms with Gasteiger partial charge in [0.15, 0.2) is 6.29 Å². The van der Waals surface area contributed by atoms with E-state index in [4.69, 9.17) is 0 Å². The van der Waals surface area contributed by atoms with E-state index < -0.39 is 0 Å². The Kier molecular flexibility index (Phi) is 3.38. The van der Waals surface area contributed by atoms with Crippen LogP contribution >= 0.6 is 38.5 Å². The quantitative estimate of drug-likeness (QED) is 0.579. The highest BCUT2D eigenvalue weighted by atomic mass is 127. The molecule has 2 rings (SSSR count). The summed E-state index contributed by atoms with van der Waals surface area (Å²) in [5.41, 5.74) is 1.09. The fraction of sp³-hybridized carbons (Fsp3) is 0. The first-order chi connectivity index (χ1) is 7.61. The van der Waals surface area contributed by atoms with Gasteiger partial charge in [-0.05, 0) is 56.7 Å². The van der Waals surface area contributed by atoms with Crippen molar-refractivity contribution < 1.29 is 9.18 Å². The van der Waals surface area contributed by atoms with Crippen LogP contribution in [0.4, 0.5) is 4.39 Å². The van der Waals surface area contributed by atoms with Gasteiger partial charge in [-0.3, -0.25) is 4.79 Å². The lowest BCUT2D eigenvalue weighted by atomic mass is 10.3. The summed E-state index contributed by atoms with van der Waals surface area (Å²) in [4.78, 5) is 10.8. The summed E-state index contributed by atoms with van der Waals surface area (Å²) in [6, 6.07) is 5.91. The predicted octanol–water partition coefficient (Wildman–Crippen LogP) is 3.19. The van der Waals surface area contributed by atoms with E-state index in [0.717, 1.165) is 0 Å². The maximum absolute atomic E-state index is 12.9. The Hall–Kier alpha value is -0.760. The first kappa shape index (κ1) is 11.7. The molecule has 3 nitrogen and oxygen atoms in total. The van der Waals surface area contributed by atoms with Crippen LogP contribution in [0, 0.1) is 9.39 Å². The van der Waals surface area contributed by atoms with Crippen LogP contribution in [-0.4, -0.2) is 16.1 Å². The van der Waals surface area contributed by atoms with Crippen LogP contribution in [0.2, 0.25) is 0 Å². The van der Waals surface area contributed by atoms with E-state index in [1.165, 1.54) is 16.8 Å². The van der Waals surface area contributed by atoms with Crippen molar-refractivity contribution in [2.45, 2.75) is 0 Å². The van der Waals surface area contributed by atoms with E-state index in [-0.39, 0.29) is 5.82 Å². The van der Waals surface area contributed by atoms with Crippen molar-refractivity contribution in [1.29, 1.82) is 0 Å². The van der Waals surface area contributed by atoms with Crippen molar-refractivity contribution in [1.82, 2.24) is 9.78 Å². The molecule has 0 spiro atoms. The van der Waals surface area contributed by atoms with Crippen LogP contribution < -0.4 is 0 Å². The van der Waals surface area contributed by atoms with E-state index in [2.05, 4.69) is 21.0 Å². The zero-order chi connectivity index (χ0) is 11.7. The van der Waals surface area contributed by atoms with Crippen molar-refractivity contribution in [2.24, 2.45) is 0 Å². The summed E-state index contributed by atoms with van der Waals surface area (Å²) in [6.07, 6.45) is 0.706. The molecule has 0 bridgehead atoms. The molecule has 2 aromatic rings. The molecule has 16 heavy (non-hydrogen) atoms. The Morgan fingerprint density at radius 2 is 2.19 bits per heavy atom. The second-order valence-electron chi connectivity index (χ2n) is 3.02. The van der Waals surface area contributed by atoms with E-state index in [1.54, 1.807) is 12.1 Å². The van der Waals surface area contributed by atoms with E-state index >= 15 is 0 Å². The second kappa shape index (κ2) is 4.62. The van der Waals surface area contributed by atoms with Gasteiger partial charge in [-0.1, -0.05) is 0 Å². The summed E-state index contributed by atoms with van der Waals surface area (Å²) in [6.45, 7) is 0. The number of nitrogens with zero attached hydrogens (tertiary/aromatic N) is 2. The number of carbonyl (C=O) groups is 1. The van der Waals surface area contributed by atoms with E-state index in [0.29, 0.717) is 25.8 Å². The molecule has 0 saturated carbocycles. The molecular weight excluding hydrogens is 390 g/mol. The molecule has 82 valence electrons. The molecule has 1 heterocycles. The third-order valence-electron chi connectivity index (χ3n) is 1.97. The van der Waals surface area contributed by atoms with Gasteiger partial charge in [0.05, 0.1) is 5.69 Å². The summed E-state index contributed by atoms with van der Waals surface area (Å²) >= 11 is 5.19. The Balaban J connectivity index is 2.62. The van der Waals surface area contributed by atoms with Gasteiger partial charge in [0.25, 0.3) is 0 Å². The minimum absolute atomic E-state index is 0.313. The molecule has 0 fully saturated rings. The minimum atomic E-state index is -0.313. The number of hydrogen-bond acceptors (Lipinski definition) is 2. The first-order valence-corrected chi connectivity index (χ1v) is 6.15. The topological polar surface area (TPSA) is 34.9 Å². The van der Waals surface area contributed by atoms with Gasteiger partial charge in [-0.2, -0.15) is 5.10 Å². The van der Waals surface area contributed by atoms with Crippen LogP contribution in [0.15, 0.2) is 28.9 Å². The molecule has 0 aliphatic rings. The second-order valence-corrected chi connectivity index (χ2v) is 4.99. The van der Waals surface area contributed by atoms with E-state index in [1.807, 2.05) is 22.6 Å². The zero-order valence-corrected chi connectivity index (χ0v) is 11.6. The highest BCUT2D eigenvalue weighted by Gasteiger charge is 2.10. The third kappa shape index (κ3) is 2.17. The Labute approximate surface area is 113 Å². The molecule has 0 unspecified atom stereocenters. The lowest BCUT2D eigenvalue weighted by molar-refractivity contribution is 0.111. The summed E-state index contributed by atoms with van der Waals surface area (Å²) < 4.78 is 15.7. The third-order valence-corrected chi connectivity index (χ3v) is 3.22. The monoisotopic (exact) mass is 394 g/mol. The number of aromatic nitrogens is 2. The van der Waals surface area contributed by atoms with E-state index in [9.17, 15) is 9.18 Å². The number of carbonyl (C=O) groups excluding carboxylic acids is 1. The molecule has 0 atom stereocenters.